The second-order valence-electron chi connectivity index (χ2n) is 4.57. The molecule has 0 fully saturated rings. The Kier molecular flexibility index (Phi) is 3.40. The van der Waals surface area contributed by atoms with Crippen molar-refractivity contribution in [3.05, 3.63) is 41.7 Å². The van der Waals surface area contributed by atoms with Gasteiger partial charge < -0.3 is 4.57 Å². The van der Waals surface area contributed by atoms with Crippen molar-refractivity contribution >= 4 is 22.6 Å². The van der Waals surface area contributed by atoms with E-state index in [1.807, 2.05) is 4.57 Å². The molecule has 0 radical (unpaired) electrons. The summed E-state index contributed by atoms with van der Waals surface area (Å²) in [5.41, 5.74) is 2.11. The minimum Gasteiger partial charge on any atom is -0.325 e. The second-order valence-corrected chi connectivity index (χ2v) is 4.84. The molecule has 5 nitrogen and oxygen atoms in total. The molecule has 0 spiro atoms. The van der Waals surface area contributed by atoms with Gasteiger partial charge >= 0.3 is 0 Å². The van der Waals surface area contributed by atoms with E-state index in [1.54, 1.807) is 30.1 Å². The van der Waals surface area contributed by atoms with Crippen LogP contribution in [-0.4, -0.2) is 24.5 Å². The van der Waals surface area contributed by atoms with Gasteiger partial charge in [0.1, 0.15) is 11.6 Å². The summed E-state index contributed by atoms with van der Waals surface area (Å²) in [5, 5.41) is 7.69. The molecule has 2 aromatic heterocycles. The highest BCUT2D eigenvalue weighted by Gasteiger charge is 2.12. The van der Waals surface area contributed by atoms with Crippen LogP contribution in [0.5, 0.6) is 0 Å². The maximum atomic E-state index is 13.6. The molecule has 104 valence electrons. The van der Waals surface area contributed by atoms with Gasteiger partial charge in [0.2, 0.25) is 0 Å². The molecule has 0 N–H and O–H groups in total. The lowest BCUT2D eigenvalue weighted by Gasteiger charge is -2.08. The molecule has 2 heterocycles. The topological polar surface area (TPSA) is 48.5 Å². The third-order valence-corrected chi connectivity index (χ3v) is 3.49. The fourth-order valence-corrected chi connectivity index (χ4v) is 2.41. The third kappa shape index (κ3) is 2.27. The molecular weight excluding hydrogens is 281 g/mol. The average molecular weight is 294 g/mol. The number of benzene rings is 1. The van der Waals surface area contributed by atoms with Gasteiger partial charge in [-0.1, -0.05) is 5.21 Å². The van der Waals surface area contributed by atoms with Crippen molar-refractivity contribution in [2.45, 2.75) is 25.9 Å². The van der Waals surface area contributed by atoms with Crippen molar-refractivity contribution in [1.82, 2.24) is 24.5 Å². The quantitative estimate of drug-likeness (QED) is 0.695. The Morgan fingerprint density at radius 3 is 2.85 bits per heavy atom. The van der Waals surface area contributed by atoms with E-state index in [-0.39, 0.29) is 11.7 Å². The minimum atomic E-state index is -0.250. The molecule has 0 saturated carbocycles. The van der Waals surface area contributed by atoms with Gasteiger partial charge in [-0.3, -0.25) is 4.68 Å². The summed E-state index contributed by atoms with van der Waals surface area (Å²) in [6, 6.07) is 3.25. The summed E-state index contributed by atoms with van der Waals surface area (Å²) in [4.78, 5) is 4.38. The number of aromatic nitrogens is 5. The van der Waals surface area contributed by atoms with Crippen molar-refractivity contribution in [2.75, 3.05) is 0 Å². The highest BCUT2D eigenvalue weighted by molar-refractivity contribution is 6.16. The van der Waals surface area contributed by atoms with Gasteiger partial charge in [0.15, 0.2) is 0 Å². The summed E-state index contributed by atoms with van der Waals surface area (Å²) in [6.07, 6.45) is 3.43. The van der Waals surface area contributed by atoms with E-state index in [0.29, 0.717) is 24.2 Å². The number of fused-ring (bicyclic) bond motifs is 1. The van der Waals surface area contributed by atoms with Crippen molar-refractivity contribution in [1.29, 1.82) is 0 Å². The molecule has 0 aliphatic rings. The number of halogens is 2. The van der Waals surface area contributed by atoms with Crippen molar-refractivity contribution in [2.24, 2.45) is 0 Å². The Labute approximate surface area is 120 Å². The van der Waals surface area contributed by atoms with Crippen LogP contribution in [0.2, 0.25) is 0 Å². The van der Waals surface area contributed by atoms with Crippen LogP contribution in [0.25, 0.3) is 11.0 Å². The molecule has 0 amide bonds. The maximum absolute atomic E-state index is 13.6. The fraction of sp³-hybridized carbons (Fsp3) is 0.308. The van der Waals surface area contributed by atoms with E-state index >= 15 is 0 Å². The summed E-state index contributed by atoms with van der Waals surface area (Å²) in [6.45, 7) is 3.06. The molecule has 1 aromatic carbocycles. The third-order valence-electron chi connectivity index (χ3n) is 3.25. The monoisotopic (exact) mass is 293 g/mol. The lowest BCUT2D eigenvalue weighted by Crippen LogP contribution is -2.10. The number of rotatable bonds is 4. The summed E-state index contributed by atoms with van der Waals surface area (Å²) < 4.78 is 17.3. The largest absolute Gasteiger partial charge is 0.325 e. The van der Waals surface area contributed by atoms with E-state index in [1.165, 1.54) is 6.07 Å². The van der Waals surface area contributed by atoms with Gasteiger partial charge in [-0.25, -0.2) is 9.37 Å². The van der Waals surface area contributed by atoms with E-state index < -0.39 is 0 Å². The standard InChI is InChI=1S/C13H13ClFN5/c1-9-6-12-11(7-10(9)15)17-13(8-14)20(12)5-4-19-3-2-16-18-19/h2-3,6-7H,4-5,8H2,1H3. The summed E-state index contributed by atoms with van der Waals surface area (Å²) in [7, 11) is 0. The Hall–Kier alpha value is -1.95. The van der Waals surface area contributed by atoms with Crippen LogP contribution in [-0.2, 0) is 19.0 Å². The molecule has 3 rings (SSSR count). The molecule has 0 aliphatic heterocycles. The van der Waals surface area contributed by atoms with E-state index in [9.17, 15) is 4.39 Å². The Morgan fingerprint density at radius 1 is 1.30 bits per heavy atom. The lowest BCUT2D eigenvalue weighted by molar-refractivity contribution is 0.519. The first-order chi connectivity index (χ1) is 9.69. The highest BCUT2D eigenvalue weighted by atomic mass is 35.5. The minimum absolute atomic E-state index is 0.250. The second kappa shape index (κ2) is 5.20. The molecule has 0 bridgehead atoms. The van der Waals surface area contributed by atoms with Crippen LogP contribution in [0.15, 0.2) is 24.5 Å². The number of hydrogen-bond acceptors (Lipinski definition) is 3. The SMILES string of the molecule is Cc1cc2c(cc1F)nc(CCl)n2CCn1ccnn1. The van der Waals surface area contributed by atoms with Gasteiger partial charge in [0.25, 0.3) is 0 Å². The predicted octanol–water partition coefficient (Wildman–Crippen LogP) is 2.51. The first-order valence-corrected chi connectivity index (χ1v) is 6.78. The summed E-state index contributed by atoms with van der Waals surface area (Å²) in [5.74, 6) is 0.763. The first kappa shape index (κ1) is 13.1. The van der Waals surface area contributed by atoms with Gasteiger partial charge in [-0.15, -0.1) is 16.7 Å². The first-order valence-electron chi connectivity index (χ1n) is 6.24. The van der Waals surface area contributed by atoms with Crippen LogP contribution in [0.4, 0.5) is 4.39 Å². The smallest absolute Gasteiger partial charge is 0.128 e. The molecule has 0 unspecified atom stereocenters. The normalized spacial score (nSPS) is 11.3. The lowest BCUT2D eigenvalue weighted by atomic mass is 10.2. The maximum Gasteiger partial charge on any atom is 0.128 e. The van der Waals surface area contributed by atoms with Crippen molar-refractivity contribution in [3.8, 4) is 0 Å². The number of aryl methyl sites for hydroxylation is 3. The van der Waals surface area contributed by atoms with Crippen molar-refractivity contribution < 1.29 is 4.39 Å². The Morgan fingerprint density at radius 2 is 2.15 bits per heavy atom. The highest BCUT2D eigenvalue weighted by Crippen LogP contribution is 2.21. The van der Waals surface area contributed by atoms with Gasteiger partial charge in [0.05, 0.1) is 29.7 Å². The van der Waals surface area contributed by atoms with E-state index in [0.717, 1.165) is 11.3 Å². The summed E-state index contributed by atoms with van der Waals surface area (Å²) >= 11 is 5.93. The zero-order valence-corrected chi connectivity index (χ0v) is 11.7. The molecule has 0 saturated heterocycles. The van der Waals surface area contributed by atoms with E-state index in [4.69, 9.17) is 11.6 Å². The van der Waals surface area contributed by atoms with Gasteiger partial charge in [-0.2, -0.15) is 0 Å². The number of hydrogen-bond donors (Lipinski definition) is 0. The zero-order chi connectivity index (χ0) is 14.1. The number of alkyl halides is 1. The van der Waals surface area contributed by atoms with Gasteiger partial charge in [-0.05, 0) is 18.6 Å². The Bertz CT molecular complexity index is 735. The van der Waals surface area contributed by atoms with Crippen LogP contribution < -0.4 is 0 Å². The predicted molar refractivity (Wildman–Crippen MR) is 74.0 cm³/mol. The molecular formula is C13H13ClFN5. The number of imidazole rings is 1. The molecule has 20 heavy (non-hydrogen) atoms. The number of nitrogens with zero attached hydrogens (tertiary/aromatic N) is 5. The molecule has 0 aliphatic carbocycles. The van der Waals surface area contributed by atoms with Crippen LogP contribution in [0.1, 0.15) is 11.4 Å². The van der Waals surface area contributed by atoms with Crippen molar-refractivity contribution in [3.63, 3.8) is 0 Å². The molecule has 0 atom stereocenters. The van der Waals surface area contributed by atoms with E-state index in [2.05, 4.69) is 15.3 Å². The van der Waals surface area contributed by atoms with Crippen LogP contribution in [0.3, 0.4) is 0 Å². The fourth-order valence-electron chi connectivity index (χ4n) is 2.21. The van der Waals surface area contributed by atoms with Crippen LogP contribution >= 0.6 is 11.6 Å². The molecule has 7 heteroatoms. The Balaban J connectivity index is 2.01. The van der Waals surface area contributed by atoms with Gasteiger partial charge in [0, 0.05) is 18.8 Å². The average Bonchev–Trinajstić information content (AvgIpc) is 3.05. The molecule has 3 aromatic rings. The zero-order valence-electron chi connectivity index (χ0n) is 10.9. The van der Waals surface area contributed by atoms with Crippen LogP contribution in [0, 0.1) is 12.7 Å².